The van der Waals surface area contributed by atoms with Crippen molar-refractivity contribution < 1.29 is 18.0 Å². The maximum absolute atomic E-state index is 13.5. The first-order valence-electron chi connectivity index (χ1n) is 14.5. The molecule has 10 heteroatoms. The summed E-state index contributed by atoms with van der Waals surface area (Å²) in [4.78, 5) is 31.1. The molecule has 1 unspecified atom stereocenters. The number of rotatable bonds is 9. The summed E-state index contributed by atoms with van der Waals surface area (Å²) < 4.78 is 23.5. The van der Waals surface area contributed by atoms with Crippen molar-refractivity contribution in [3.05, 3.63) is 64.7 Å². The molecule has 2 saturated heterocycles. The van der Waals surface area contributed by atoms with Crippen LogP contribution in [0.25, 0.3) is 0 Å². The van der Waals surface area contributed by atoms with Crippen LogP contribution < -0.4 is 5.32 Å². The van der Waals surface area contributed by atoms with E-state index in [-0.39, 0.29) is 41.6 Å². The van der Waals surface area contributed by atoms with Crippen molar-refractivity contribution in [1.29, 1.82) is 0 Å². The van der Waals surface area contributed by atoms with Crippen molar-refractivity contribution >= 4 is 45.7 Å². The van der Waals surface area contributed by atoms with Crippen molar-refractivity contribution in [2.75, 3.05) is 32.4 Å². The summed E-state index contributed by atoms with van der Waals surface area (Å²) in [5.41, 5.74) is 1.69. The fourth-order valence-corrected chi connectivity index (χ4v) is 7.44. The van der Waals surface area contributed by atoms with Crippen molar-refractivity contribution in [3.8, 4) is 0 Å². The molecule has 5 rings (SSSR count). The molecule has 2 amide bonds. The second-order valence-electron chi connectivity index (χ2n) is 11.9. The third-order valence-electron chi connectivity index (χ3n) is 9.17. The first-order chi connectivity index (χ1) is 19.1. The third kappa shape index (κ3) is 7.64. The van der Waals surface area contributed by atoms with Gasteiger partial charge in [-0.05, 0) is 87.0 Å². The van der Waals surface area contributed by atoms with Gasteiger partial charge in [-0.25, -0.2) is 8.42 Å². The molecule has 1 aliphatic carbocycles. The molecule has 2 heterocycles. The standard InChI is InChI=1S/C31H40ClN3O4S.ClH/c1-40(38,39)27-11-9-23(10-12-27)22-35-20-16-31(30(35)37)14-18-34(19-15-31)17-13-28(25-7-4-8-26(32)21-25)33-29(36)24-5-2-3-6-24;/h4,7-12,21,24,28H,2-3,5-6,13-20,22H2,1H3,(H,33,36);1H. The summed E-state index contributed by atoms with van der Waals surface area (Å²) in [5.74, 6) is 0.494. The van der Waals surface area contributed by atoms with Gasteiger partial charge >= 0.3 is 0 Å². The fraction of sp³-hybridized carbons (Fsp3) is 0.548. The summed E-state index contributed by atoms with van der Waals surface area (Å²) in [6.07, 6.45) is 8.74. The van der Waals surface area contributed by atoms with Crippen LogP contribution in [0.2, 0.25) is 5.02 Å². The molecule has 3 fully saturated rings. The molecule has 41 heavy (non-hydrogen) atoms. The number of hydrogen-bond acceptors (Lipinski definition) is 5. The van der Waals surface area contributed by atoms with Crippen molar-refractivity contribution in [3.63, 3.8) is 0 Å². The maximum atomic E-state index is 13.5. The first-order valence-corrected chi connectivity index (χ1v) is 16.8. The molecule has 2 aromatic rings. The van der Waals surface area contributed by atoms with Gasteiger partial charge in [-0.1, -0.05) is 48.7 Å². The van der Waals surface area contributed by atoms with Crippen molar-refractivity contribution in [2.24, 2.45) is 11.3 Å². The Bertz CT molecular complexity index is 1320. The van der Waals surface area contributed by atoms with E-state index in [1.54, 1.807) is 24.3 Å². The SMILES string of the molecule is CS(=O)(=O)c1ccc(CN2CCC3(CCN(CCC(NC(=O)C4CCCC4)c4cccc(Cl)c4)CC3)C2=O)cc1.Cl. The minimum Gasteiger partial charge on any atom is -0.349 e. The molecule has 3 aliphatic rings. The highest BCUT2D eigenvalue weighted by molar-refractivity contribution is 7.90. The number of piperidine rings is 1. The molecular weight excluding hydrogens is 581 g/mol. The predicted molar refractivity (Wildman–Crippen MR) is 164 cm³/mol. The lowest BCUT2D eigenvalue weighted by molar-refractivity contribution is -0.139. The molecule has 2 aliphatic heterocycles. The minimum atomic E-state index is -3.24. The van der Waals surface area contributed by atoms with E-state index in [9.17, 15) is 18.0 Å². The Labute approximate surface area is 255 Å². The molecule has 1 spiro atoms. The summed E-state index contributed by atoms with van der Waals surface area (Å²) >= 11 is 6.29. The lowest BCUT2D eigenvalue weighted by Crippen LogP contribution is -2.45. The van der Waals surface area contributed by atoms with Crippen LogP contribution >= 0.6 is 24.0 Å². The van der Waals surface area contributed by atoms with E-state index in [4.69, 9.17) is 11.6 Å². The highest BCUT2D eigenvalue weighted by Gasteiger charge is 2.47. The Balaban J connectivity index is 0.00000387. The number of amides is 2. The Hall–Kier alpha value is -2.13. The summed E-state index contributed by atoms with van der Waals surface area (Å²) in [7, 11) is -3.24. The van der Waals surface area contributed by atoms with Crippen LogP contribution in [0.5, 0.6) is 0 Å². The zero-order valence-electron chi connectivity index (χ0n) is 23.7. The first kappa shape index (κ1) is 31.8. The molecule has 0 aromatic heterocycles. The number of likely N-dealkylation sites (tertiary alicyclic amines) is 2. The summed E-state index contributed by atoms with van der Waals surface area (Å²) in [5, 5.41) is 3.99. The number of nitrogens with zero attached hydrogens (tertiary/aromatic N) is 2. The van der Waals surface area contributed by atoms with E-state index in [0.29, 0.717) is 16.5 Å². The number of sulfone groups is 1. The Kier molecular flexibility index (Phi) is 10.4. The lowest BCUT2D eigenvalue weighted by atomic mass is 9.77. The Morgan fingerprint density at radius 1 is 1.05 bits per heavy atom. The monoisotopic (exact) mass is 621 g/mol. The van der Waals surface area contributed by atoms with Gasteiger partial charge in [-0.3, -0.25) is 9.59 Å². The van der Waals surface area contributed by atoms with Crippen LogP contribution in [0.15, 0.2) is 53.4 Å². The van der Waals surface area contributed by atoms with Crippen LogP contribution in [0.4, 0.5) is 0 Å². The van der Waals surface area contributed by atoms with Gasteiger partial charge in [0.2, 0.25) is 11.8 Å². The summed E-state index contributed by atoms with van der Waals surface area (Å²) in [6, 6.07) is 14.5. The van der Waals surface area contributed by atoms with Crippen LogP contribution in [-0.2, 0) is 26.0 Å². The highest BCUT2D eigenvalue weighted by Crippen LogP contribution is 2.42. The predicted octanol–water partition coefficient (Wildman–Crippen LogP) is 5.42. The molecule has 2 aromatic carbocycles. The molecular formula is C31H41Cl2N3O4S. The van der Waals surface area contributed by atoms with Crippen molar-refractivity contribution in [2.45, 2.75) is 68.8 Å². The van der Waals surface area contributed by atoms with E-state index in [1.807, 2.05) is 29.2 Å². The number of carbonyl (C=O) groups is 2. The van der Waals surface area contributed by atoms with Crippen LogP contribution in [-0.4, -0.2) is 62.5 Å². The van der Waals surface area contributed by atoms with Crippen LogP contribution in [0, 0.1) is 11.3 Å². The largest absolute Gasteiger partial charge is 0.349 e. The lowest BCUT2D eigenvalue weighted by Gasteiger charge is -2.38. The molecule has 1 saturated carbocycles. The second-order valence-corrected chi connectivity index (χ2v) is 14.4. The normalized spacial score (nSPS) is 20.2. The zero-order chi connectivity index (χ0) is 28.3. The van der Waals surface area contributed by atoms with E-state index in [2.05, 4.69) is 10.2 Å². The van der Waals surface area contributed by atoms with E-state index >= 15 is 0 Å². The topological polar surface area (TPSA) is 86.8 Å². The van der Waals surface area contributed by atoms with Crippen LogP contribution in [0.1, 0.15) is 68.5 Å². The van der Waals surface area contributed by atoms with Gasteiger partial charge in [0.25, 0.3) is 0 Å². The average Bonchev–Trinajstić information content (AvgIpc) is 3.57. The van der Waals surface area contributed by atoms with Gasteiger partial charge < -0.3 is 15.1 Å². The number of benzene rings is 2. The number of hydrogen-bond donors (Lipinski definition) is 1. The number of carbonyl (C=O) groups excluding carboxylic acids is 2. The molecule has 0 bridgehead atoms. The van der Waals surface area contributed by atoms with E-state index in [0.717, 1.165) is 88.7 Å². The molecule has 7 nitrogen and oxygen atoms in total. The molecule has 1 atom stereocenters. The molecule has 224 valence electrons. The summed E-state index contributed by atoms with van der Waals surface area (Å²) in [6.45, 7) is 3.82. The number of halogens is 2. The van der Waals surface area contributed by atoms with Gasteiger partial charge in [0.15, 0.2) is 9.84 Å². The number of nitrogens with one attached hydrogen (secondary N) is 1. The smallest absolute Gasteiger partial charge is 0.229 e. The average molecular weight is 623 g/mol. The van der Waals surface area contributed by atoms with Crippen LogP contribution in [0.3, 0.4) is 0 Å². The minimum absolute atomic E-state index is 0. The van der Waals surface area contributed by atoms with Gasteiger partial charge in [0.05, 0.1) is 16.4 Å². The van der Waals surface area contributed by atoms with Gasteiger partial charge in [-0.2, -0.15) is 0 Å². The van der Waals surface area contributed by atoms with E-state index in [1.165, 1.54) is 6.26 Å². The third-order valence-corrected chi connectivity index (χ3v) is 10.5. The molecule has 1 N–H and O–H groups in total. The van der Waals surface area contributed by atoms with Gasteiger partial charge in [-0.15, -0.1) is 12.4 Å². The Morgan fingerprint density at radius 2 is 1.71 bits per heavy atom. The van der Waals surface area contributed by atoms with Gasteiger partial charge in [0, 0.05) is 36.8 Å². The highest BCUT2D eigenvalue weighted by atomic mass is 35.5. The van der Waals surface area contributed by atoms with E-state index < -0.39 is 9.84 Å². The van der Waals surface area contributed by atoms with Crippen molar-refractivity contribution in [1.82, 2.24) is 15.1 Å². The Morgan fingerprint density at radius 3 is 2.34 bits per heavy atom. The molecule has 0 radical (unpaired) electrons. The maximum Gasteiger partial charge on any atom is 0.229 e. The quantitative estimate of drug-likeness (QED) is 0.404. The van der Waals surface area contributed by atoms with Gasteiger partial charge in [0.1, 0.15) is 0 Å². The zero-order valence-corrected chi connectivity index (χ0v) is 26.1. The fourth-order valence-electron chi connectivity index (χ4n) is 6.61. The second kappa shape index (κ2) is 13.4.